The molecule has 1 saturated heterocycles. The largest absolute Gasteiger partial charge is 0.483 e. The zero-order chi connectivity index (χ0) is 40.4. The Morgan fingerprint density at radius 3 is 2.49 bits per heavy atom. The Morgan fingerprint density at radius 2 is 1.82 bits per heavy atom. The normalized spacial score (nSPS) is 14.8. The van der Waals surface area contributed by atoms with E-state index in [2.05, 4.69) is 20.4 Å². The summed E-state index contributed by atoms with van der Waals surface area (Å²) >= 11 is 6.14. The van der Waals surface area contributed by atoms with E-state index in [1.54, 1.807) is 9.47 Å². The molecule has 0 unspecified atom stereocenters. The molecule has 3 aromatic heterocycles. The fraction of sp³-hybridized carbons (Fsp3) is 0.333. The maximum Gasteiger partial charge on any atom is 0.416 e. The number of rotatable bonds is 10. The molecule has 0 radical (unpaired) electrons. The van der Waals surface area contributed by atoms with Crippen molar-refractivity contribution in [1.29, 1.82) is 0 Å². The molecule has 5 heterocycles. The van der Waals surface area contributed by atoms with Gasteiger partial charge in [0.25, 0.3) is 11.5 Å². The average molecular weight is 809 g/mol. The monoisotopic (exact) mass is 808 g/mol. The number of piperazine rings is 1. The van der Waals surface area contributed by atoms with Gasteiger partial charge < -0.3 is 29.2 Å². The SMILES string of the molecule is CCc1c(N2CCN(C(=O)c3ncc(C)c(F)c3OCc3ccccc3)CC2)c(=O)n2nc(C3=CCOCC3)nc2n1CC(=O)Nc1ccc(C(F)(F)F)cc1Cl. The number of pyridine rings is 1. The zero-order valence-electron chi connectivity index (χ0n) is 30.9. The third-order valence-electron chi connectivity index (χ3n) is 9.74. The van der Waals surface area contributed by atoms with Crippen LogP contribution in [0.15, 0.2) is 65.6 Å². The minimum atomic E-state index is -4.63. The van der Waals surface area contributed by atoms with Crippen molar-refractivity contribution in [2.24, 2.45) is 0 Å². The minimum absolute atomic E-state index is 0.0238. The molecule has 57 heavy (non-hydrogen) atoms. The minimum Gasteiger partial charge on any atom is -0.483 e. The molecule has 0 spiro atoms. The second kappa shape index (κ2) is 16.3. The van der Waals surface area contributed by atoms with Gasteiger partial charge in [-0.25, -0.2) is 9.37 Å². The van der Waals surface area contributed by atoms with E-state index < -0.39 is 41.5 Å². The van der Waals surface area contributed by atoms with E-state index in [0.717, 1.165) is 33.9 Å². The maximum absolute atomic E-state index is 15.4. The van der Waals surface area contributed by atoms with Crippen LogP contribution in [0.2, 0.25) is 5.02 Å². The number of carbonyl (C=O) groups excluding carboxylic acids is 2. The second-order valence-electron chi connectivity index (χ2n) is 13.5. The molecule has 13 nitrogen and oxygen atoms in total. The summed E-state index contributed by atoms with van der Waals surface area (Å²) in [6, 6.07) is 11.8. The summed E-state index contributed by atoms with van der Waals surface area (Å²) in [5.74, 6) is -1.74. The summed E-state index contributed by atoms with van der Waals surface area (Å²) in [6.07, 6.45) is -0.761. The van der Waals surface area contributed by atoms with E-state index in [9.17, 15) is 27.6 Å². The van der Waals surface area contributed by atoms with Gasteiger partial charge in [0.05, 0.1) is 35.2 Å². The Labute approximate surface area is 328 Å². The Kier molecular flexibility index (Phi) is 11.3. The van der Waals surface area contributed by atoms with Gasteiger partial charge >= 0.3 is 6.18 Å². The molecule has 298 valence electrons. The Hall–Kier alpha value is -5.81. The van der Waals surface area contributed by atoms with Gasteiger partial charge in [-0.05, 0) is 49.1 Å². The third kappa shape index (κ3) is 8.20. The molecular formula is C39H37ClF4N8O5. The molecule has 2 amide bonds. The topological polar surface area (TPSA) is 136 Å². The number of amides is 2. The fourth-order valence-electron chi connectivity index (χ4n) is 6.78. The molecule has 2 aliphatic rings. The number of nitrogens with one attached hydrogen (secondary N) is 1. The van der Waals surface area contributed by atoms with Crippen molar-refractivity contribution in [3.63, 3.8) is 0 Å². The first-order valence-corrected chi connectivity index (χ1v) is 18.5. The summed E-state index contributed by atoms with van der Waals surface area (Å²) in [4.78, 5) is 54.0. The molecule has 7 rings (SSSR count). The predicted octanol–water partition coefficient (Wildman–Crippen LogP) is 5.95. The van der Waals surface area contributed by atoms with Crippen molar-refractivity contribution in [2.75, 3.05) is 49.6 Å². The number of halogens is 5. The average Bonchev–Trinajstić information content (AvgIpc) is 3.67. The molecule has 2 aromatic carbocycles. The Bertz CT molecular complexity index is 2430. The molecule has 1 N–H and O–H groups in total. The highest BCUT2D eigenvalue weighted by Gasteiger charge is 2.33. The van der Waals surface area contributed by atoms with Crippen molar-refractivity contribution in [3.8, 4) is 5.75 Å². The highest BCUT2D eigenvalue weighted by Crippen LogP contribution is 2.34. The van der Waals surface area contributed by atoms with Gasteiger partial charge in [-0.3, -0.25) is 14.4 Å². The quantitative estimate of drug-likeness (QED) is 0.170. The fourth-order valence-corrected chi connectivity index (χ4v) is 7.01. The molecule has 5 aromatic rings. The number of hydrogen-bond donors (Lipinski definition) is 1. The number of anilines is 2. The van der Waals surface area contributed by atoms with Crippen molar-refractivity contribution in [2.45, 2.75) is 46.0 Å². The smallest absolute Gasteiger partial charge is 0.416 e. The van der Waals surface area contributed by atoms with E-state index in [1.807, 2.05) is 43.3 Å². The highest BCUT2D eigenvalue weighted by molar-refractivity contribution is 6.33. The first-order chi connectivity index (χ1) is 27.3. The van der Waals surface area contributed by atoms with Gasteiger partial charge in [-0.2, -0.15) is 22.7 Å². The van der Waals surface area contributed by atoms with Gasteiger partial charge in [0.15, 0.2) is 23.1 Å². The van der Waals surface area contributed by atoms with E-state index in [1.165, 1.54) is 18.0 Å². The van der Waals surface area contributed by atoms with Gasteiger partial charge in [-0.15, -0.1) is 5.10 Å². The van der Waals surface area contributed by atoms with Gasteiger partial charge in [-0.1, -0.05) is 54.9 Å². The second-order valence-corrected chi connectivity index (χ2v) is 13.9. The van der Waals surface area contributed by atoms with Crippen LogP contribution in [-0.4, -0.2) is 80.3 Å². The molecule has 0 saturated carbocycles. The van der Waals surface area contributed by atoms with Gasteiger partial charge in [0.2, 0.25) is 11.7 Å². The summed E-state index contributed by atoms with van der Waals surface area (Å²) in [5, 5.41) is 6.83. The number of aromatic nitrogens is 5. The van der Waals surface area contributed by atoms with Crippen LogP contribution >= 0.6 is 11.6 Å². The molecule has 2 aliphatic heterocycles. The molecular weight excluding hydrogens is 772 g/mol. The van der Waals surface area contributed by atoms with Crippen LogP contribution in [0.5, 0.6) is 5.75 Å². The molecule has 0 aliphatic carbocycles. The maximum atomic E-state index is 15.4. The number of carbonyl (C=O) groups is 2. The first kappa shape index (κ1) is 39.4. The van der Waals surface area contributed by atoms with Crippen molar-refractivity contribution in [1.82, 2.24) is 29.0 Å². The van der Waals surface area contributed by atoms with Crippen LogP contribution in [0, 0.1) is 12.7 Å². The van der Waals surface area contributed by atoms with Crippen molar-refractivity contribution < 1.29 is 36.6 Å². The van der Waals surface area contributed by atoms with Crippen molar-refractivity contribution in [3.05, 3.63) is 116 Å². The standard InChI is InChI=1S/C39H37ClF4N8O5/c1-3-29-33(49-13-15-50(16-14-49)36(54)32-34(31(41)23(2)20-45-32)57-22-24-7-5-4-6-8-24)37(55)52-38(47-35(48-52)25-11-17-56-18-12-25)51(29)21-30(53)46-28-10-9-26(19-27(28)40)39(42,43)44/h4-11,19-20H,3,12-18,21-22H2,1-2H3,(H,46,53). The van der Waals surface area contributed by atoms with Crippen LogP contribution in [0.4, 0.5) is 28.9 Å². The Balaban J connectivity index is 1.18. The predicted molar refractivity (Wildman–Crippen MR) is 203 cm³/mol. The zero-order valence-corrected chi connectivity index (χ0v) is 31.7. The van der Waals surface area contributed by atoms with Crippen molar-refractivity contribution >= 4 is 46.1 Å². The van der Waals surface area contributed by atoms with E-state index in [4.69, 9.17) is 21.1 Å². The van der Waals surface area contributed by atoms with Gasteiger partial charge in [0.1, 0.15) is 18.8 Å². The lowest BCUT2D eigenvalue weighted by Crippen LogP contribution is -2.51. The number of benzene rings is 2. The van der Waals surface area contributed by atoms with Gasteiger partial charge in [0, 0.05) is 37.9 Å². The Morgan fingerprint density at radius 1 is 1.07 bits per heavy atom. The van der Waals surface area contributed by atoms with Crippen LogP contribution in [-0.2, 0) is 35.3 Å². The number of ether oxygens (including phenoxy) is 2. The summed E-state index contributed by atoms with van der Waals surface area (Å²) < 4.78 is 69.1. The van der Waals surface area contributed by atoms with Crippen LogP contribution in [0.3, 0.4) is 0 Å². The number of hydrogen-bond acceptors (Lipinski definition) is 9. The van der Waals surface area contributed by atoms with E-state index in [0.29, 0.717) is 25.3 Å². The molecule has 1 fully saturated rings. The number of fused-ring (bicyclic) bond motifs is 1. The third-order valence-corrected chi connectivity index (χ3v) is 10.1. The van der Waals surface area contributed by atoms with E-state index >= 15 is 4.39 Å². The van der Waals surface area contributed by atoms with Crippen LogP contribution in [0.1, 0.15) is 52.0 Å². The number of alkyl halides is 3. The first-order valence-electron chi connectivity index (χ1n) is 18.2. The number of nitrogens with zero attached hydrogens (tertiary/aromatic N) is 7. The lowest BCUT2D eigenvalue weighted by Gasteiger charge is -2.36. The molecule has 0 bridgehead atoms. The summed E-state index contributed by atoms with van der Waals surface area (Å²) in [5.41, 5.74) is 0.787. The van der Waals surface area contributed by atoms with Crippen LogP contribution in [0.25, 0.3) is 11.4 Å². The number of aryl methyl sites for hydroxylation is 1. The lowest BCUT2D eigenvalue weighted by molar-refractivity contribution is -0.137. The van der Waals surface area contributed by atoms with Crippen LogP contribution < -0.4 is 20.5 Å². The summed E-state index contributed by atoms with van der Waals surface area (Å²) in [7, 11) is 0. The molecule has 18 heteroatoms. The highest BCUT2D eigenvalue weighted by atomic mass is 35.5. The molecule has 0 atom stereocenters. The summed E-state index contributed by atoms with van der Waals surface area (Å²) in [6.45, 7) is 4.38. The lowest BCUT2D eigenvalue weighted by atomic mass is 10.1. The van der Waals surface area contributed by atoms with E-state index in [-0.39, 0.29) is 84.2 Å².